The highest BCUT2D eigenvalue weighted by Crippen LogP contribution is 2.38. The molecule has 0 bridgehead atoms. The molecule has 0 radical (unpaired) electrons. The minimum Gasteiger partial charge on any atom is -0.465 e. The number of rotatable bonds is 2. The van der Waals surface area contributed by atoms with E-state index in [1.54, 1.807) is 6.26 Å². The molecule has 0 aromatic heterocycles. The van der Waals surface area contributed by atoms with Gasteiger partial charge in [-0.05, 0) is 28.5 Å². The Morgan fingerprint density at radius 2 is 1.64 bits per heavy atom. The highest BCUT2D eigenvalue weighted by atomic mass is 16.5. The van der Waals surface area contributed by atoms with Gasteiger partial charge in [0.25, 0.3) is 0 Å². The van der Waals surface area contributed by atoms with Crippen LogP contribution >= 0.6 is 0 Å². The Morgan fingerprint density at radius 1 is 0.818 bits per heavy atom. The van der Waals surface area contributed by atoms with Crippen LogP contribution in [0.3, 0.4) is 0 Å². The van der Waals surface area contributed by atoms with Crippen molar-refractivity contribution in [1.82, 2.24) is 0 Å². The summed E-state index contributed by atoms with van der Waals surface area (Å²) in [6.07, 6.45) is 8.30. The number of fused-ring (bicyclic) bond motifs is 3. The van der Waals surface area contributed by atoms with Gasteiger partial charge in [0.2, 0.25) is 0 Å². The van der Waals surface area contributed by atoms with Crippen LogP contribution in [-0.2, 0) is 0 Å². The Balaban J connectivity index is 1.80. The van der Waals surface area contributed by atoms with Gasteiger partial charge >= 0.3 is 0 Å². The van der Waals surface area contributed by atoms with Crippen molar-refractivity contribution in [2.75, 3.05) is 0 Å². The van der Waals surface area contributed by atoms with Crippen LogP contribution in [0.15, 0.2) is 85.1 Å². The molecule has 0 amide bonds. The summed E-state index contributed by atoms with van der Waals surface area (Å²) in [5, 5.41) is 2.50. The van der Waals surface area contributed by atoms with Gasteiger partial charge in [0.05, 0.1) is 6.26 Å². The summed E-state index contributed by atoms with van der Waals surface area (Å²) >= 11 is 0. The van der Waals surface area contributed by atoms with Gasteiger partial charge in [-0.15, -0.1) is 0 Å². The molecule has 22 heavy (non-hydrogen) atoms. The van der Waals surface area contributed by atoms with Gasteiger partial charge in [-0.25, -0.2) is 0 Å². The van der Waals surface area contributed by atoms with Crippen LogP contribution in [0.4, 0.5) is 0 Å². The van der Waals surface area contributed by atoms with Crippen molar-refractivity contribution >= 4 is 16.8 Å². The zero-order chi connectivity index (χ0) is 14.8. The van der Waals surface area contributed by atoms with Crippen molar-refractivity contribution in [2.24, 2.45) is 0 Å². The monoisotopic (exact) mass is 284 g/mol. The summed E-state index contributed by atoms with van der Waals surface area (Å²) in [7, 11) is 0. The predicted molar refractivity (Wildman–Crippen MR) is 91.9 cm³/mol. The summed E-state index contributed by atoms with van der Waals surface area (Å²) in [4.78, 5) is 0. The molecular formula is C21H16O. The maximum absolute atomic E-state index is 5.70. The molecule has 0 saturated heterocycles. The van der Waals surface area contributed by atoms with Crippen molar-refractivity contribution < 1.29 is 4.74 Å². The standard InChI is InChI=1S/C21H16O/c1-2-6-16(7-3-1)10-11-18-14-15-22-20-13-12-17-8-4-5-9-19(17)21(18)20/h1-15,18H/b11-10+. The van der Waals surface area contributed by atoms with E-state index in [-0.39, 0.29) is 5.92 Å². The molecule has 3 aromatic rings. The molecule has 0 N–H and O–H groups in total. The summed E-state index contributed by atoms with van der Waals surface area (Å²) in [5.41, 5.74) is 2.46. The van der Waals surface area contributed by atoms with E-state index >= 15 is 0 Å². The first-order valence-electron chi connectivity index (χ1n) is 7.50. The molecule has 1 heteroatoms. The lowest BCUT2D eigenvalue weighted by Gasteiger charge is -2.20. The maximum atomic E-state index is 5.70. The Bertz CT molecular complexity index is 859. The SMILES string of the molecule is C1=CC(/C=C/c2ccccc2)c2c(ccc3ccccc23)O1. The van der Waals surface area contributed by atoms with Crippen molar-refractivity contribution in [3.05, 3.63) is 96.3 Å². The molecule has 0 spiro atoms. The Kier molecular flexibility index (Phi) is 3.24. The zero-order valence-corrected chi connectivity index (χ0v) is 12.1. The van der Waals surface area contributed by atoms with Crippen LogP contribution in [0.2, 0.25) is 0 Å². The van der Waals surface area contributed by atoms with Gasteiger partial charge in [0.1, 0.15) is 5.75 Å². The fourth-order valence-electron chi connectivity index (χ4n) is 2.95. The minimum absolute atomic E-state index is 0.232. The molecule has 1 aliphatic heterocycles. The number of ether oxygens (including phenoxy) is 1. The van der Waals surface area contributed by atoms with Crippen LogP contribution in [0.25, 0.3) is 16.8 Å². The van der Waals surface area contributed by atoms with E-state index in [0.29, 0.717) is 0 Å². The molecule has 1 heterocycles. The molecule has 1 aliphatic rings. The number of allylic oxidation sites excluding steroid dienone is 2. The van der Waals surface area contributed by atoms with Crippen LogP contribution in [0.5, 0.6) is 5.75 Å². The van der Waals surface area contributed by atoms with Crippen LogP contribution in [0.1, 0.15) is 17.0 Å². The van der Waals surface area contributed by atoms with E-state index in [4.69, 9.17) is 4.74 Å². The van der Waals surface area contributed by atoms with E-state index in [1.165, 1.54) is 21.9 Å². The van der Waals surface area contributed by atoms with E-state index in [1.807, 2.05) is 6.07 Å². The van der Waals surface area contributed by atoms with Crippen LogP contribution in [-0.4, -0.2) is 0 Å². The minimum atomic E-state index is 0.232. The molecule has 1 atom stereocenters. The Labute approximate surface area is 130 Å². The second-order valence-corrected chi connectivity index (χ2v) is 5.44. The quantitative estimate of drug-likeness (QED) is 0.600. The van der Waals surface area contributed by atoms with E-state index in [2.05, 4.69) is 78.9 Å². The van der Waals surface area contributed by atoms with Crippen molar-refractivity contribution in [3.63, 3.8) is 0 Å². The van der Waals surface area contributed by atoms with Gasteiger partial charge in [0.15, 0.2) is 0 Å². The summed E-state index contributed by atoms with van der Waals surface area (Å²) < 4.78 is 5.70. The summed E-state index contributed by atoms with van der Waals surface area (Å²) in [6, 6.07) is 23.0. The summed E-state index contributed by atoms with van der Waals surface area (Å²) in [5.74, 6) is 1.18. The molecule has 3 aromatic carbocycles. The molecule has 0 fully saturated rings. The van der Waals surface area contributed by atoms with Crippen molar-refractivity contribution in [2.45, 2.75) is 5.92 Å². The fraction of sp³-hybridized carbons (Fsp3) is 0.0476. The Hall–Kier alpha value is -2.80. The molecule has 1 nitrogen and oxygen atoms in total. The highest BCUT2D eigenvalue weighted by Gasteiger charge is 2.18. The normalized spacial score (nSPS) is 16.6. The lowest BCUT2D eigenvalue weighted by atomic mass is 9.90. The molecule has 4 rings (SSSR count). The largest absolute Gasteiger partial charge is 0.465 e. The molecule has 0 saturated carbocycles. The lowest BCUT2D eigenvalue weighted by molar-refractivity contribution is 0.461. The van der Waals surface area contributed by atoms with Crippen molar-refractivity contribution in [3.8, 4) is 5.75 Å². The average molecular weight is 284 g/mol. The second kappa shape index (κ2) is 5.53. The molecule has 0 aliphatic carbocycles. The smallest absolute Gasteiger partial charge is 0.131 e. The van der Waals surface area contributed by atoms with Gasteiger partial charge in [-0.2, -0.15) is 0 Å². The van der Waals surface area contributed by atoms with Crippen LogP contribution < -0.4 is 4.74 Å². The van der Waals surface area contributed by atoms with E-state index in [9.17, 15) is 0 Å². The highest BCUT2D eigenvalue weighted by molar-refractivity contribution is 5.89. The van der Waals surface area contributed by atoms with Crippen molar-refractivity contribution in [1.29, 1.82) is 0 Å². The molecular weight excluding hydrogens is 268 g/mol. The number of benzene rings is 3. The van der Waals surface area contributed by atoms with Gasteiger partial charge in [-0.3, -0.25) is 0 Å². The third-order valence-corrected chi connectivity index (χ3v) is 4.04. The zero-order valence-electron chi connectivity index (χ0n) is 12.1. The van der Waals surface area contributed by atoms with Gasteiger partial charge in [-0.1, -0.05) is 72.8 Å². The predicted octanol–water partition coefficient (Wildman–Crippen LogP) is 5.54. The summed E-state index contributed by atoms with van der Waals surface area (Å²) in [6.45, 7) is 0. The fourth-order valence-corrected chi connectivity index (χ4v) is 2.95. The van der Waals surface area contributed by atoms with E-state index in [0.717, 1.165) is 5.75 Å². The van der Waals surface area contributed by atoms with Gasteiger partial charge in [0, 0.05) is 11.5 Å². The topological polar surface area (TPSA) is 9.23 Å². The van der Waals surface area contributed by atoms with Gasteiger partial charge < -0.3 is 4.74 Å². The first kappa shape index (κ1) is 12.9. The first-order valence-corrected chi connectivity index (χ1v) is 7.50. The number of hydrogen-bond acceptors (Lipinski definition) is 1. The average Bonchev–Trinajstić information content (AvgIpc) is 2.60. The molecule has 106 valence electrons. The third-order valence-electron chi connectivity index (χ3n) is 4.04. The first-order chi connectivity index (χ1) is 10.9. The number of hydrogen-bond donors (Lipinski definition) is 0. The Morgan fingerprint density at radius 3 is 2.55 bits per heavy atom. The third kappa shape index (κ3) is 2.31. The maximum Gasteiger partial charge on any atom is 0.131 e. The van der Waals surface area contributed by atoms with Crippen LogP contribution in [0, 0.1) is 0 Å². The van der Waals surface area contributed by atoms with E-state index < -0.39 is 0 Å². The lowest BCUT2D eigenvalue weighted by Crippen LogP contribution is -2.02. The molecule has 1 unspecified atom stereocenters. The second-order valence-electron chi connectivity index (χ2n) is 5.44.